The number of hydrogen-bond acceptors (Lipinski definition) is 4. The Bertz CT molecular complexity index is 638. The van der Waals surface area contributed by atoms with Gasteiger partial charge in [-0.05, 0) is 19.8 Å². The molecule has 22 heavy (non-hydrogen) atoms. The molecule has 0 fully saturated rings. The lowest BCUT2D eigenvalue weighted by molar-refractivity contribution is -0.213. The van der Waals surface area contributed by atoms with Crippen molar-refractivity contribution in [3.8, 4) is 0 Å². The molecule has 2 atom stereocenters. The number of halogens is 3. The van der Waals surface area contributed by atoms with E-state index in [1.165, 1.54) is 39.4 Å². The number of nitrogens with zero attached hydrogens (tertiary/aromatic N) is 2. The van der Waals surface area contributed by atoms with Crippen molar-refractivity contribution < 1.29 is 26.7 Å². The molecule has 0 bridgehead atoms. The van der Waals surface area contributed by atoms with Gasteiger partial charge in [-0.3, -0.25) is 4.68 Å². The van der Waals surface area contributed by atoms with E-state index in [-0.39, 0.29) is 10.6 Å². The molecule has 128 valence electrons. The summed E-state index contributed by atoms with van der Waals surface area (Å²) < 4.78 is 66.2. The predicted molar refractivity (Wildman–Crippen MR) is 73.7 cm³/mol. The van der Waals surface area contributed by atoms with E-state index in [2.05, 4.69) is 5.10 Å². The third-order valence-electron chi connectivity index (χ3n) is 3.40. The van der Waals surface area contributed by atoms with Crippen LogP contribution < -0.4 is 4.72 Å². The maximum Gasteiger partial charge on any atom is 0.415 e. The number of rotatable bonds is 5. The molecule has 6 nitrogen and oxygen atoms in total. The number of aryl methyl sites for hydroxylation is 2. The largest absolute Gasteiger partial charge is 0.415 e. The first-order valence-electron chi connectivity index (χ1n) is 6.56. The van der Waals surface area contributed by atoms with Crippen molar-refractivity contribution in [2.24, 2.45) is 13.0 Å². The molecule has 1 rings (SSSR count). The van der Waals surface area contributed by atoms with Crippen LogP contribution >= 0.6 is 0 Å². The van der Waals surface area contributed by atoms with E-state index < -0.39 is 34.3 Å². The molecule has 0 saturated carbocycles. The Morgan fingerprint density at radius 1 is 1.27 bits per heavy atom. The maximum absolute atomic E-state index is 12.7. The van der Waals surface area contributed by atoms with Crippen molar-refractivity contribution in [1.82, 2.24) is 14.5 Å². The van der Waals surface area contributed by atoms with E-state index in [1.54, 1.807) is 0 Å². The third kappa shape index (κ3) is 3.79. The average Bonchev–Trinajstić information content (AvgIpc) is 2.58. The Morgan fingerprint density at radius 2 is 1.77 bits per heavy atom. The molecule has 1 aromatic heterocycles. The average molecular weight is 343 g/mol. The number of alkyl halides is 3. The van der Waals surface area contributed by atoms with Gasteiger partial charge in [0.1, 0.15) is 4.90 Å². The van der Waals surface area contributed by atoms with Crippen LogP contribution in [0.5, 0.6) is 0 Å². The summed E-state index contributed by atoms with van der Waals surface area (Å²) in [5.74, 6) is -0.760. The van der Waals surface area contributed by atoms with E-state index >= 15 is 0 Å². The van der Waals surface area contributed by atoms with E-state index in [4.69, 9.17) is 0 Å². The monoisotopic (exact) mass is 343 g/mol. The fourth-order valence-corrected chi connectivity index (χ4v) is 3.98. The molecule has 0 aromatic carbocycles. The molecule has 0 aliphatic heterocycles. The van der Waals surface area contributed by atoms with Gasteiger partial charge < -0.3 is 5.11 Å². The van der Waals surface area contributed by atoms with Gasteiger partial charge in [-0.1, -0.05) is 13.8 Å². The van der Waals surface area contributed by atoms with Gasteiger partial charge in [0.05, 0.1) is 17.4 Å². The number of aliphatic hydroxyl groups excluding tert-OH is 1. The van der Waals surface area contributed by atoms with Gasteiger partial charge in [-0.2, -0.15) is 18.3 Å². The van der Waals surface area contributed by atoms with Gasteiger partial charge in [0.25, 0.3) is 0 Å². The lowest BCUT2D eigenvalue weighted by atomic mass is 9.99. The second kappa shape index (κ2) is 6.17. The van der Waals surface area contributed by atoms with Gasteiger partial charge in [0, 0.05) is 7.05 Å². The molecular weight excluding hydrogens is 323 g/mol. The predicted octanol–water partition coefficient (Wildman–Crippen LogP) is 1.26. The first-order chi connectivity index (χ1) is 9.79. The maximum atomic E-state index is 12.7. The standard InChI is InChI=1S/C12H20F3N3O3S/c1-6(2)9(11(19)12(13,14)15)17-22(20,21)10-7(3)16-18(5)8(10)4/h6,9,11,17,19H,1-5H3/t9-,11-/m0/s1. The quantitative estimate of drug-likeness (QED) is 0.843. The van der Waals surface area contributed by atoms with Gasteiger partial charge in [0.2, 0.25) is 10.0 Å². The summed E-state index contributed by atoms with van der Waals surface area (Å²) in [6.07, 6.45) is -7.71. The molecule has 10 heteroatoms. The number of sulfonamides is 1. The number of nitrogens with one attached hydrogen (secondary N) is 1. The normalized spacial score (nSPS) is 16.1. The highest BCUT2D eigenvalue weighted by molar-refractivity contribution is 7.89. The van der Waals surface area contributed by atoms with Crippen molar-refractivity contribution in [2.45, 2.75) is 50.9 Å². The smallest absolute Gasteiger partial charge is 0.382 e. The molecule has 2 N–H and O–H groups in total. The molecule has 0 aliphatic carbocycles. The SMILES string of the molecule is Cc1nn(C)c(C)c1S(=O)(=O)N[C@@H](C(C)C)[C@H](O)C(F)(F)F. The fraction of sp³-hybridized carbons (Fsp3) is 0.750. The Kier molecular flexibility index (Phi) is 5.30. The van der Waals surface area contributed by atoms with Crippen LogP contribution in [0.4, 0.5) is 13.2 Å². The van der Waals surface area contributed by atoms with Crippen LogP contribution in [0.2, 0.25) is 0 Å². The number of aliphatic hydroxyl groups is 1. The van der Waals surface area contributed by atoms with Crippen LogP contribution in [0, 0.1) is 19.8 Å². The van der Waals surface area contributed by atoms with Crippen LogP contribution in [0.15, 0.2) is 4.90 Å². The zero-order valence-electron chi connectivity index (χ0n) is 12.9. The van der Waals surface area contributed by atoms with E-state index in [0.717, 1.165) is 0 Å². The minimum Gasteiger partial charge on any atom is -0.382 e. The summed E-state index contributed by atoms with van der Waals surface area (Å²) in [7, 11) is -2.71. The lowest BCUT2D eigenvalue weighted by Crippen LogP contribution is -2.52. The topological polar surface area (TPSA) is 84.2 Å². The Morgan fingerprint density at radius 3 is 2.09 bits per heavy atom. The molecular formula is C12H20F3N3O3S. The Balaban J connectivity index is 3.23. The molecule has 0 amide bonds. The highest BCUT2D eigenvalue weighted by Gasteiger charge is 2.46. The zero-order chi connectivity index (χ0) is 17.5. The van der Waals surface area contributed by atoms with Gasteiger partial charge in [-0.25, -0.2) is 13.1 Å². The molecule has 1 aromatic rings. The molecule has 0 spiro atoms. The summed E-state index contributed by atoms with van der Waals surface area (Å²) in [6, 6.07) is -1.69. The Labute approximate surface area is 127 Å². The van der Waals surface area contributed by atoms with Crippen LogP contribution in [0.1, 0.15) is 25.2 Å². The highest BCUT2D eigenvalue weighted by Crippen LogP contribution is 2.27. The second-order valence-corrected chi connectivity index (χ2v) is 7.15. The first kappa shape index (κ1) is 18.9. The minimum atomic E-state index is -4.92. The highest BCUT2D eigenvalue weighted by atomic mass is 32.2. The van der Waals surface area contributed by atoms with Crippen LogP contribution in [-0.4, -0.2) is 41.6 Å². The van der Waals surface area contributed by atoms with E-state index in [0.29, 0.717) is 5.69 Å². The molecule has 1 heterocycles. The molecule has 0 aliphatic rings. The minimum absolute atomic E-state index is 0.171. The van der Waals surface area contributed by atoms with Crippen molar-refractivity contribution in [1.29, 1.82) is 0 Å². The van der Waals surface area contributed by atoms with Crippen LogP contribution in [0.25, 0.3) is 0 Å². The van der Waals surface area contributed by atoms with Crippen molar-refractivity contribution in [3.63, 3.8) is 0 Å². The lowest BCUT2D eigenvalue weighted by Gasteiger charge is -2.28. The zero-order valence-corrected chi connectivity index (χ0v) is 13.7. The van der Waals surface area contributed by atoms with Gasteiger partial charge >= 0.3 is 6.18 Å². The summed E-state index contributed by atoms with van der Waals surface area (Å²) in [6.45, 7) is 5.74. The second-order valence-electron chi connectivity index (χ2n) is 5.50. The third-order valence-corrected chi connectivity index (χ3v) is 5.11. The fourth-order valence-electron chi connectivity index (χ4n) is 2.15. The van der Waals surface area contributed by atoms with Gasteiger partial charge in [-0.15, -0.1) is 0 Å². The molecule has 0 unspecified atom stereocenters. The summed E-state index contributed by atoms with van der Waals surface area (Å²) >= 11 is 0. The summed E-state index contributed by atoms with van der Waals surface area (Å²) in [4.78, 5) is -0.171. The summed E-state index contributed by atoms with van der Waals surface area (Å²) in [5.41, 5.74) is 0.477. The Hall–Kier alpha value is -1.13. The van der Waals surface area contributed by atoms with Crippen LogP contribution in [0.3, 0.4) is 0 Å². The number of aromatic nitrogens is 2. The number of hydrogen-bond donors (Lipinski definition) is 2. The summed E-state index contributed by atoms with van der Waals surface area (Å²) in [5, 5.41) is 13.3. The van der Waals surface area contributed by atoms with Crippen molar-refractivity contribution in [2.75, 3.05) is 0 Å². The first-order valence-corrected chi connectivity index (χ1v) is 8.04. The van der Waals surface area contributed by atoms with E-state index in [1.807, 2.05) is 4.72 Å². The van der Waals surface area contributed by atoms with Crippen molar-refractivity contribution in [3.05, 3.63) is 11.4 Å². The molecule has 0 radical (unpaired) electrons. The molecule has 0 saturated heterocycles. The van der Waals surface area contributed by atoms with E-state index in [9.17, 15) is 26.7 Å². The van der Waals surface area contributed by atoms with Gasteiger partial charge in [0.15, 0.2) is 6.10 Å². The van der Waals surface area contributed by atoms with Crippen LogP contribution in [-0.2, 0) is 17.1 Å². The van der Waals surface area contributed by atoms with Crippen molar-refractivity contribution >= 4 is 10.0 Å².